The minimum Gasteiger partial charge on any atom is -0.395 e. The summed E-state index contributed by atoms with van der Waals surface area (Å²) in [4.78, 5) is 0. The van der Waals surface area contributed by atoms with Crippen molar-refractivity contribution in [2.45, 2.75) is 37.8 Å². The quantitative estimate of drug-likeness (QED) is 0.582. The smallest absolute Gasteiger partial charge is 0.214 e. The van der Waals surface area contributed by atoms with Crippen molar-refractivity contribution in [3.63, 3.8) is 0 Å². The number of rotatable bonds is 4. The van der Waals surface area contributed by atoms with Gasteiger partial charge in [-0.15, -0.1) is 0 Å². The molecule has 0 saturated heterocycles. The molecule has 5 nitrogen and oxygen atoms in total. The van der Waals surface area contributed by atoms with Crippen molar-refractivity contribution in [3.8, 4) is 0 Å². The third-order valence-corrected chi connectivity index (χ3v) is 3.82. The standard InChI is InChI=1S/C8H17NO4S/c10-5-6-14(12,13)9-7-1-3-8(11)4-2-7/h7-11H,1-6H2. The highest BCUT2D eigenvalue weighted by molar-refractivity contribution is 7.89. The van der Waals surface area contributed by atoms with Crippen molar-refractivity contribution in [1.82, 2.24) is 4.72 Å². The van der Waals surface area contributed by atoms with E-state index >= 15 is 0 Å². The van der Waals surface area contributed by atoms with E-state index < -0.39 is 10.0 Å². The van der Waals surface area contributed by atoms with Gasteiger partial charge in [0.1, 0.15) is 0 Å². The molecule has 1 rings (SSSR count). The van der Waals surface area contributed by atoms with Crippen LogP contribution in [0.2, 0.25) is 0 Å². The Morgan fingerprint density at radius 3 is 2.29 bits per heavy atom. The first-order chi connectivity index (χ1) is 6.53. The molecule has 1 aliphatic carbocycles. The van der Waals surface area contributed by atoms with Crippen LogP contribution < -0.4 is 4.72 Å². The number of hydrogen-bond acceptors (Lipinski definition) is 4. The van der Waals surface area contributed by atoms with Crippen molar-refractivity contribution in [2.24, 2.45) is 0 Å². The monoisotopic (exact) mass is 223 g/mol. The van der Waals surface area contributed by atoms with E-state index in [4.69, 9.17) is 5.11 Å². The van der Waals surface area contributed by atoms with Crippen LogP contribution in [0.1, 0.15) is 25.7 Å². The van der Waals surface area contributed by atoms with Crippen LogP contribution in [0.5, 0.6) is 0 Å². The van der Waals surface area contributed by atoms with E-state index in [1.807, 2.05) is 0 Å². The van der Waals surface area contributed by atoms with E-state index in [9.17, 15) is 13.5 Å². The van der Waals surface area contributed by atoms with Crippen molar-refractivity contribution < 1.29 is 18.6 Å². The normalized spacial score (nSPS) is 29.0. The van der Waals surface area contributed by atoms with Crippen LogP contribution in [-0.2, 0) is 10.0 Å². The minimum atomic E-state index is -3.33. The summed E-state index contributed by atoms with van der Waals surface area (Å²) in [6, 6.07) is -0.0741. The van der Waals surface area contributed by atoms with Crippen molar-refractivity contribution in [2.75, 3.05) is 12.4 Å². The Morgan fingerprint density at radius 1 is 1.21 bits per heavy atom. The van der Waals surface area contributed by atoms with Crippen LogP contribution in [-0.4, -0.2) is 43.1 Å². The molecule has 0 aromatic rings. The van der Waals surface area contributed by atoms with Gasteiger partial charge in [-0.1, -0.05) is 0 Å². The van der Waals surface area contributed by atoms with Gasteiger partial charge in [-0.2, -0.15) is 0 Å². The fourth-order valence-corrected chi connectivity index (χ4v) is 2.73. The lowest BCUT2D eigenvalue weighted by atomic mass is 9.94. The molecule has 0 heterocycles. The Balaban J connectivity index is 2.37. The van der Waals surface area contributed by atoms with Crippen LogP contribution in [0, 0.1) is 0 Å². The summed E-state index contributed by atoms with van der Waals surface area (Å²) in [6.07, 6.45) is 2.35. The zero-order valence-corrected chi connectivity index (χ0v) is 8.83. The molecule has 84 valence electrons. The van der Waals surface area contributed by atoms with E-state index in [-0.39, 0.29) is 24.5 Å². The first-order valence-electron chi connectivity index (χ1n) is 4.82. The van der Waals surface area contributed by atoms with E-state index in [1.54, 1.807) is 0 Å². The molecule has 0 atom stereocenters. The second-order valence-corrected chi connectivity index (χ2v) is 5.54. The second-order valence-electron chi connectivity index (χ2n) is 3.67. The lowest BCUT2D eigenvalue weighted by Gasteiger charge is -2.25. The zero-order valence-electron chi connectivity index (χ0n) is 8.02. The maximum atomic E-state index is 11.2. The van der Waals surface area contributed by atoms with Crippen molar-refractivity contribution >= 4 is 10.0 Å². The van der Waals surface area contributed by atoms with Gasteiger partial charge in [0.25, 0.3) is 0 Å². The molecule has 0 radical (unpaired) electrons. The average molecular weight is 223 g/mol. The number of aliphatic hydroxyl groups excluding tert-OH is 2. The van der Waals surface area contributed by atoms with E-state index in [0.717, 1.165) is 0 Å². The summed E-state index contributed by atoms with van der Waals surface area (Å²) in [5, 5.41) is 17.7. The Morgan fingerprint density at radius 2 is 1.79 bits per heavy atom. The van der Waals surface area contributed by atoms with Gasteiger partial charge in [0.15, 0.2) is 0 Å². The second kappa shape index (κ2) is 5.06. The Kier molecular flexibility index (Phi) is 4.31. The van der Waals surface area contributed by atoms with Gasteiger partial charge in [0.2, 0.25) is 10.0 Å². The maximum absolute atomic E-state index is 11.2. The van der Waals surface area contributed by atoms with Gasteiger partial charge >= 0.3 is 0 Å². The van der Waals surface area contributed by atoms with Gasteiger partial charge in [-0.25, -0.2) is 13.1 Å². The molecule has 0 unspecified atom stereocenters. The molecule has 0 spiro atoms. The lowest BCUT2D eigenvalue weighted by molar-refractivity contribution is 0.120. The minimum absolute atomic E-state index is 0.0741. The predicted octanol–water partition coefficient (Wildman–Crippen LogP) is -0.798. The molecule has 0 aromatic carbocycles. The summed E-state index contributed by atoms with van der Waals surface area (Å²) in [6.45, 7) is -0.356. The van der Waals surface area contributed by atoms with E-state index in [1.165, 1.54) is 0 Å². The molecule has 1 aliphatic rings. The van der Waals surface area contributed by atoms with Crippen LogP contribution >= 0.6 is 0 Å². The summed E-state index contributed by atoms with van der Waals surface area (Å²) in [5.41, 5.74) is 0. The van der Waals surface area contributed by atoms with Gasteiger partial charge in [-0.3, -0.25) is 0 Å². The molecular weight excluding hydrogens is 206 g/mol. The Bertz CT molecular complexity index is 257. The first kappa shape index (κ1) is 11.9. The van der Waals surface area contributed by atoms with Gasteiger partial charge in [0.05, 0.1) is 18.5 Å². The van der Waals surface area contributed by atoms with E-state index in [2.05, 4.69) is 4.72 Å². The lowest BCUT2D eigenvalue weighted by Crippen LogP contribution is -2.40. The van der Waals surface area contributed by atoms with Crippen LogP contribution in [0.3, 0.4) is 0 Å². The fourth-order valence-electron chi connectivity index (χ4n) is 1.63. The number of nitrogens with one attached hydrogen (secondary N) is 1. The summed E-state index contributed by atoms with van der Waals surface area (Å²) >= 11 is 0. The molecule has 0 bridgehead atoms. The Labute approximate surface area is 84.2 Å². The number of hydrogen-bond donors (Lipinski definition) is 3. The zero-order chi connectivity index (χ0) is 10.6. The molecular formula is C8H17NO4S. The van der Waals surface area contributed by atoms with Gasteiger partial charge in [0, 0.05) is 6.04 Å². The van der Waals surface area contributed by atoms with Crippen molar-refractivity contribution in [1.29, 1.82) is 0 Å². The van der Waals surface area contributed by atoms with E-state index in [0.29, 0.717) is 25.7 Å². The SMILES string of the molecule is O=S(=O)(CCO)NC1CCC(O)CC1. The molecule has 0 aliphatic heterocycles. The molecule has 1 saturated carbocycles. The predicted molar refractivity (Wildman–Crippen MR) is 52.3 cm³/mol. The summed E-state index contributed by atoms with van der Waals surface area (Å²) in [5.74, 6) is -0.244. The fraction of sp³-hybridized carbons (Fsp3) is 1.00. The molecule has 0 amide bonds. The summed E-state index contributed by atoms with van der Waals surface area (Å²) < 4.78 is 25.0. The highest BCUT2D eigenvalue weighted by Crippen LogP contribution is 2.18. The highest BCUT2D eigenvalue weighted by atomic mass is 32.2. The molecule has 0 aromatic heterocycles. The Hall–Kier alpha value is -0.170. The molecule has 6 heteroatoms. The average Bonchev–Trinajstić information content (AvgIpc) is 2.08. The third-order valence-electron chi connectivity index (χ3n) is 2.40. The van der Waals surface area contributed by atoms with Gasteiger partial charge in [-0.05, 0) is 25.7 Å². The van der Waals surface area contributed by atoms with Crippen LogP contribution in [0.25, 0.3) is 0 Å². The van der Waals surface area contributed by atoms with Gasteiger partial charge < -0.3 is 10.2 Å². The van der Waals surface area contributed by atoms with Crippen molar-refractivity contribution in [3.05, 3.63) is 0 Å². The number of aliphatic hydroxyl groups is 2. The molecule has 3 N–H and O–H groups in total. The largest absolute Gasteiger partial charge is 0.395 e. The number of sulfonamides is 1. The van der Waals surface area contributed by atoms with Crippen LogP contribution in [0.4, 0.5) is 0 Å². The topological polar surface area (TPSA) is 86.6 Å². The summed E-state index contributed by atoms with van der Waals surface area (Å²) in [7, 11) is -3.33. The molecule has 1 fully saturated rings. The maximum Gasteiger partial charge on any atom is 0.214 e. The highest BCUT2D eigenvalue weighted by Gasteiger charge is 2.23. The third kappa shape index (κ3) is 3.91. The first-order valence-corrected chi connectivity index (χ1v) is 6.47. The van der Waals surface area contributed by atoms with Crippen LogP contribution in [0.15, 0.2) is 0 Å². The molecule has 14 heavy (non-hydrogen) atoms.